The Kier molecular flexibility index (Phi) is 3.07. The third-order valence-electron chi connectivity index (χ3n) is 1.47. The van der Waals surface area contributed by atoms with Crippen LogP contribution < -0.4 is 5.73 Å². The van der Waals surface area contributed by atoms with Crippen molar-refractivity contribution >= 4 is 5.91 Å². The van der Waals surface area contributed by atoms with Gasteiger partial charge >= 0.3 is 0 Å². The molecule has 0 bridgehead atoms. The molecule has 1 rings (SSSR count). The number of benzene rings is 1. The van der Waals surface area contributed by atoms with Crippen LogP contribution in [0.4, 0.5) is 0 Å². The van der Waals surface area contributed by atoms with Gasteiger partial charge in [0.2, 0.25) is 0 Å². The molecule has 66 valence electrons. The van der Waals surface area contributed by atoms with E-state index in [9.17, 15) is 4.79 Å². The largest absolute Gasteiger partial charge is 0.392 e. The van der Waals surface area contributed by atoms with Gasteiger partial charge in [-0.3, -0.25) is 4.79 Å². The van der Waals surface area contributed by atoms with Crippen LogP contribution >= 0.6 is 0 Å². The number of aliphatic hydroxyl groups is 1. The van der Waals surface area contributed by atoms with E-state index >= 15 is 0 Å². The highest BCUT2D eigenvalue weighted by atomic mass is 16.3. The molecule has 0 aromatic heterocycles. The number of hydrogen-bond acceptors (Lipinski definition) is 2. The number of amides is 1. The number of rotatable bonds is 1. The third kappa shape index (κ3) is 2.97. The van der Waals surface area contributed by atoms with Crippen LogP contribution in [0.5, 0.6) is 0 Å². The monoisotopic (exact) mass is 175 g/mol. The van der Waals surface area contributed by atoms with Crippen molar-refractivity contribution in [2.75, 3.05) is 0 Å². The van der Waals surface area contributed by atoms with Crippen LogP contribution in [0.2, 0.25) is 0 Å². The van der Waals surface area contributed by atoms with E-state index in [4.69, 9.17) is 10.8 Å². The second-order valence-electron chi connectivity index (χ2n) is 2.47. The first-order valence-electron chi connectivity index (χ1n) is 3.73. The molecule has 0 spiro atoms. The summed E-state index contributed by atoms with van der Waals surface area (Å²) in [5, 5.41) is 8.74. The Morgan fingerprint density at radius 3 is 2.46 bits per heavy atom. The second kappa shape index (κ2) is 4.29. The molecule has 13 heavy (non-hydrogen) atoms. The fourth-order valence-electron chi connectivity index (χ4n) is 0.827. The Morgan fingerprint density at radius 1 is 1.38 bits per heavy atom. The number of carbonyl (C=O) groups is 1. The molecule has 0 saturated carbocycles. The molecule has 0 radical (unpaired) electrons. The van der Waals surface area contributed by atoms with Crippen LogP contribution in [0, 0.1) is 11.8 Å². The van der Waals surface area contributed by atoms with Crippen molar-refractivity contribution in [3.05, 3.63) is 35.4 Å². The minimum Gasteiger partial charge on any atom is -0.392 e. The van der Waals surface area contributed by atoms with Gasteiger partial charge in [0.05, 0.1) is 6.61 Å². The van der Waals surface area contributed by atoms with E-state index < -0.39 is 5.91 Å². The Labute approximate surface area is 76.2 Å². The summed E-state index contributed by atoms with van der Waals surface area (Å²) in [6.07, 6.45) is 0. The molecule has 3 heteroatoms. The van der Waals surface area contributed by atoms with Gasteiger partial charge in [-0.05, 0) is 23.6 Å². The number of carbonyl (C=O) groups excluding carboxylic acids is 1. The summed E-state index contributed by atoms with van der Waals surface area (Å²) in [6.45, 7) is 0.00350. The summed E-state index contributed by atoms with van der Waals surface area (Å²) < 4.78 is 0. The molecule has 0 aliphatic heterocycles. The zero-order valence-electron chi connectivity index (χ0n) is 6.95. The van der Waals surface area contributed by atoms with Gasteiger partial charge in [0, 0.05) is 5.56 Å². The number of hydrogen-bond donors (Lipinski definition) is 2. The minimum atomic E-state index is -0.647. The maximum atomic E-state index is 10.3. The lowest BCUT2D eigenvalue weighted by molar-refractivity contribution is -0.112. The van der Waals surface area contributed by atoms with Crippen LogP contribution in [-0.4, -0.2) is 11.0 Å². The first-order valence-corrected chi connectivity index (χ1v) is 3.73. The number of primary amides is 1. The fourth-order valence-corrected chi connectivity index (χ4v) is 0.827. The third-order valence-corrected chi connectivity index (χ3v) is 1.47. The van der Waals surface area contributed by atoms with E-state index in [1.807, 2.05) is 0 Å². The predicted octanol–water partition coefficient (Wildman–Crippen LogP) is 0.0157. The lowest BCUT2D eigenvalue weighted by atomic mass is 10.1. The van der Waals surface area contributed by atoms with Crippen LogP contribution in [0.3, 0.4) is 0 Å². The normalized spacial score (nSPS) is 8.69. The maximum absolute atomic E-state index is 10.3. The SMILES string of the molecule is NC(=O)C#Cc1ccc(CO)cc1. The fraction of sp³-hybridized carbons (Fsp3) is 0.100. The van der Waals surface area contributed by atoms with E-state index in [0.717, 1.165) is 5.56 Å². The van der Waals surface area contributed by atoms with Crippen molar-refractivity contribution < 1.29 is 9.90 Å². The summed E-state index contributed by atoms with van der Waals surface area (Å²) in [4.78, 5) is 10.3. The van der Waals surface area contributed by atoms with Crippen LogP contribution in [-0.2, 0) is 11.4 Å². The van der Waals surface area contributed by atoms with Crippen molar-refractivity contribution in [3.63, 3.8) is 0 Å². The van der Waals surface area contributed by atoms with Gasteiger partial charge in [0.15, 0.2) is 0 Å². The van der Waals surface area contributed by atoms with Gasteiger partial charge in [-0.1, -0.05) is 18.1 Å². The molecule has 1 aromatic carbocycles. The van der Waals surface area contributed by atoms with E-state index in [1.54, 1.807) is 24.3 Å². The van der Waals surface area contributed by atoms with Gasteiger partial charge in [-0.25, -0.2) is 0 Å². The highest BCUT2D eigenvalue weighted by Gasteiger charge is 1.89. The average Bonchev–Trinajstić information content (AvgIpc) is 2.15. The molecule has 0 fully saturated rings. The Bertz CT molecular complexity index is 357. The van der Waals surface area contributed by atoms with Crippen molar-refractivity contribution in [1.29, 1.82) is 0 Å². The molecule has 0 unspecified atom stereocenters. The molecule has 0 aliphatic rings. The molecule has 3 nitrogen and oxygen atoms in total. The summed E-state index contributed by atoms with van der Waals surface area (Å²) in [5.74, 6) is 4.17. The van der Waals surface area contributed by atoms with Crippen LogP contribution in [0.25, 0.3) is 0 Å². The lowest BCUT2D eigenvalue weighted by Gasteiger charge is -1.94. The summed E-state index contributed by atoms with van der Waals surface area (Å²) in [6, 6.07) is 6.93. The molecule has 3 N–H and O–H groups in total. The summed E-state index contributed by atoms with van der Waals surface area (Å²) in [7, 11) is 0. The number of nitrogens with two attached hydrogens (primary N) is 1. The Morgan fingerprint density at radius 2 is 2.00 bits per heavy atom. The first-order chi connectivity index (χ1) is 6.22. The van der Waals surface area contributed by atoms with Gasteiger partial charge in [-0.15, -0.1) is 0 Å². The second-order valence-corrected chi connectivity index (χ2v) is 2.47. The predicted molar refractivity (Wildman–Crippen MR) is 48.4 cm³/mol. The van der Waals surface area contributed by atoms with E-state index in [1.165, 1.54) is 0 Å². The maximum Gasteiger partial charge on any atom is 0.293 e. The molecule has 1 aromatic rings. The van der Waals surface area contributed by atoms with Crippen molar-refractivity contribution in [3.8, 4) is 11.8 Å². The quantitative estimate of drug-likeness (QED) is 0.591. The first kappa shape index (κ1) is 9.30. The zero-order valence-corrected chi connectivity index (χ0v) is 6.95. The smallest absolute Gasteiger partial charge is 0.293 e. The minimum absolute atomic E-state index is 0.00350. The Hall–Kier alpha value is -1.79. The van der Waals surface area contributed by atoms with Gasteiger partial charge in [0.25, 0.3) is 5.91 Å². The number of aliphatic hydroxyl groups excluding tert-OH is 1. The highest BCUT2D eigenvalue weighted by Crippen LogP contribution is 2.02. The summed E-state index contributed by atoms with van der Waals surface area (Å²) >= 11 is 0. The van der Waals surface area contributed by atoms with E-state index in [-0.39, 0.29) is 6.61 Å². The molecule has 0 heterocycles. The van der Waals surface area contributed by atoms with Crippen molar-refractivity contribution in [2.45, 2.75) is 6.61 Å². The molecular weight excluding hydrogens is 166 g/mol. The van der Waals surface area contributed by atoms with Gasteiger partial charge in [0.1, 0.15) is 0 Å². The highest BCUT2D eigenvalue weighted by molar-refractivity contribution is 5.92. The molecule has 0 atom stereocenters. The summed E-state index contributed by atoms with van der Waals surface area (Å²) in [5.41, 5.74) is 6.36. The topological polar surface area (TPSA) is 63.3 Å². The Balaban J connectivity index is 2.83. The lowest BCUT2D eigenvalue weighted by Crippen LogP contribution is -2.06. The molecule has 1 amide bonds. The van der Waals surface area contributed by atoms with E-state index in [0.29, 0.717) is 5.56 Å². The van der Waals surface area contributed by atoms with Gasteiger partial charge < -0.3 is 10.8 Å². The van der Waals surface area contributed by atoms with Gasteiger partial charge in [-0.2, -0.15) is 0 Å². The van der Waals surface area contributed by atoms with E-state index in [2.05, 4.69) is 11.8 Å². The molecule has 0 aliphatic carbocycles. The molecular formula is C10H9NO2. The molecule has 0 saturated heterocycles. The van der Waals surface area contributed by atoms with Crippen molar-refractivity contribution in [1.82, 2.24) is 0 Å². The van der Waals surface area contributed by atoms with Crippen LogP contribution in [0.15, 0.2) is 24.3 Å². The standard InChI is InChI=1S/C10H9NO2/c11-10(13)6-5-8-1-3-9(7-12)4-2-8/h1-4,12H,7H2,(H2,11,13). The zero-order chi connectivity index (χ0) is 9.68. The average molecular weight is 175 g/mol. The van der Waals surface area contributed by atoms with Crippen LogP contribution in [0.1, 0.15) is 11.1 Å². The van der Waals surface area contributed by atoms with Crippen molar-refractivity contribution in [2.24, 2.45) is 5.73 Å².